The number of carbonyl (C=O) groups is 1. The normalized spacial score (nSPS) is 23.2. The highest BCUT2D eigenvalue weighted by molar-refractivity contribution is 5.89. The quantitative estimate of drug-likeness (QED) is 0.770. The van der Waals surface area contributed by atoms with Gasteiger partial charge in [0.05, 0.1) is 0 Å². The predicted molar refractivity (Wildman–Crippen MR) is 80.7 cm³/mol. The van der Waals surface area contributed by atoms with E-state index in [2.05, 4.69) is 10.2 Å². The number of carbonyl (C=O) groups excluding carboxylic acids is 1. The van der Waals surface area contributed by atoms with Crippen molar-refractivity contribution in [2.24, 2.45) is 0 Å². The molecule has 2 aliphatic rings. The molecule has 0 bridgehead atoms. The summed E-state index contributed by atoms with van der Waals surface area (Å²) in [6.07, 6.45) is 3.79. The third-order valence-corrected chi connectivity index (χ3v) is 4.26. The topological polar surface area (TPSA) is 61.6 Å². The minimum Gasteiger partial charge on any atom is -0.399 e. The Kier molecular flexibility index (Phi) is 3.78. The lowest BCUT2D eigenvalue weighted by atomic mass is 10.00. The third kappa shape index (κ3) is 2.88. The first kappa shape index (κ1) is 13.2. The van der Waals surface area contributed by atoms with E-state index in [1.165, 1.54) is 25.8 Å². The molecule has 1 atom stereocenters. The minimum absolute atomic E-state index is 0.0131. The molecule has 5 nitrogen and oxygen atoms in total. The van der Waals surface area contributed by atoms with Crippen LogP contribution in [0.3, 0.4) is 0 Å². The van der Waals surface area contributed by atoms with Gasteiger partial charge in [-0.3, -0.25) is 4.90 Å². The van der Waals surface area contributed by atoms with Crippen molar-refractivity contribution in [2.45, 2.75) is 25.3 Å². The first-order valence-electron chi connectivity index (χ1n) is 7.38. The third-order valence-electron chi connectivity index (χ3n) is 4.26. The number of hydrogen-bond acceptors (Lipinski definition) is 3. The van der Waals surface area contributed by atoms with E-state index in [0.29, 0.717) is 11.7 Å². The molecule has 2 heterocycles. The second kappa shape index (κ2) is 5.71. The number of fused-ring (bicyclic) bond motifs is 1. The number of anilines is 2. The summed E-state index contributed by atoms with van der Waals surface area (Å²) in [6.45, 7) is 3.84. The Morgan fingerprint density at radius 1 is 1.25 bits per heavy atom. The second-order valence-electron chi connectivity index (χ2n) is 5.69. The van der Waals surface area contributed by atoms with Gasteiger partial charge in [-0.1, -0.05) is 12.5 Å². The van der Waals surface area contributed by atoms with Crippen molar-refractivity contribution in [3.05, 3.63) is 24.3 Å². The molecule has 2 aliphatic heterocycles. The summed E-state index contributed by atoms with van der Waals surface area (Å²) in [5, 5.41) is 2.94. The van der Waals surface area contributed by atoms with Crippen molar-refractivity contribution in [2.75, 3.05) is 37.2 Å². The molecule has 2 saturated heterocycles. The van der Waals surface area contributed by atoms with Crippen LogP contribution in [0.1, 0.15) is 19.3 Å². The largest absolute Gasteiger partial charge is 0.399 e. The Morgan fingerprint density at radius 3 is 3.00 bits per heavy atom. The number of hydrogen-bond donors (Lipinski definition) is 2. The van der Waals surface area contributed by atoms with Crippen molar-refractivity contribution in [3.8, 4) is 0 Å². The lowest BCUT2D eigenvalue weighted by molar-refractivity contribution is 0.0678. The van der Waals surface area contributed by atoms with E-state index in [1.54, 1.807) is 6.07 Å². The predicted octanol–water partition coefficient (Wildman–Crippen LogP) is 1.97. The molecule has 1 aromatic carbocycles. The van der Waals surface area contributed by atoms with Gasteiger partial charge in [0.1, 0.15) is 0 Å². The summed E-state index contributed by atoms with van der Waals surface area (Å²) >= 11 is 0. The van der Waals surface area contributed by atoms with Crippen molar-refractivity contribution in [1.82, 2.24) is 9.80 Å². The van der Waals surface area contributed by atoms with E-state index < -0.39 is 0 Å². The molecule has 2 amide bonds. The standard InChI is InChI=1S/C15H22N4O/c16-12-4-3-5-13(10-12)17-15(20)19-9-8-18-7-2-1-6-14(18)11-19/h3-5,10,14H,1-2,6-9,11,16H2,(H,17,20). The number of nitrogen functional groups attached to an aromatic ring is 1. The van der Waals surface area contributed by atoms with Gasteiger partial charge >= 0.3 is 6.03 Å². The van der Waals surface area contributed by atoms with Crippen molar-refractivity contribution < 1.29 is 4.79 Å². The second-order valence-corrected chi connectivity index (χ2v) is 5.69. The Bertz CT molecular complexity index is 491. The van der Waals surface area contributed by atoms with Gasteiger partial charge in [0.25, 0.3) is 0 Å². The minimum atomic E-state index is -0.0131. The van der Waals surface area contributed by atoms with Crippen LogP contribution in [0.25, 0.3) is 0 Å². The van der Waals surface area contributed by atoms with Gasteiger partial charge in [-0.2, -0.15) is 0 Å². The van der Waals surface area contributed by atoms with Crippen LogP contribution in [0.15, 0.2) is 24.3 Å². The number of nitrogens with one attached hydrogen (secondary N) is 1. The van der Waals surface area contributed by atoms with Crippen LogP contribution in [-0.2, 0) is 0 Å². The number of piperidine rings is 1. The van der Waals surface area contributed by atoms with Gasteiger partial charge in [0.2, 0.25) is 0 Å². The maximum absolute atomic E-state index is 12.3. The Morgan fingerprint density at radius 2 is 2.15 bits per heavy atom. The fourth-order valence-electron chi connectivity index (χ4n) is 3.16. The van der Waals surface area contributed by atoms with E-state index in [4.69, 9.17) is 5.73 Å². The van der Waals surface area contributed by atoms with Crippen LogP contribution in [0.4, 0.5) is 16.2 Å². The van der Waals surface area contributed by atoms with Crippen LogP contribution in [0.2, 0.25) is 0 Å². The van der Waals surface area contributed by atoms with Crippen molar-refractivity contribution in [1.29, 1.82) is 0 Å². The van der Waals surface area contributed by atoms with Crippen LogP contribution in [-0.4, -0.2) is 48.1 Å². The van der Waals surface area contributed by atoms with E-state index in [-0.39, 0.29) is 6.03 Å². The molecule has 0 radical (unpaired) electrons. The Balaban J connectivity index is 1.60. The SMILES string of the molecule is Nc1cccc(NC(=O)N2CCN3CCCCC3C2)c1. The lowest BCUT2D eigenvalue weighted by Crippen LogP contribution is -2.56. The number of nitrogens with zero attached hydrogens (tertiary/aromatic N) is 2. The average Bonchev–Trinajstić information content (AvgIpc) is 2.47. The van der Waals surface area contributed by atoms with Crippen LogP contribution >= 0.6 is 0 Å². The van der Waals surface area contributed by atoms with Gasteiger partial charge in [-0.25, -0.2) is 4.79 Å². The zero-order valence-electron chi connectivity index (χ0n) is 11.7. The van der Waals surface area contributed by atoms with Crippen molar-refractivity contribution in [3.63, 3.8) is 0 Å². The molecule has 0 aromatic heterocycles. The molecular formula is C15H22N4O. The number of benzene rings is 1. The highest BCUT2D eigenvalue weighted by atomic mass is 16.2. The highest BCUT2D eigenvalue weighted by Crippen LogP contribution is 2.21. The molecule has 20 heavy (non-hydrogen) atoms. The Labute approximate surface area is 119 Å². The molecule has 0 aliphatic carbocycles. The van der Waals surface area contributed by atoms with Crippen LogP contribution in [0, 0.1) is 0 Å². The van der Waals surface area contributed by atoms with Gasteiger partial charge in [0.15, 0.2) is 0 Å². The van der Waals surface area contributed by atoms with Crippen LogP contribution in [0.5, 0.6) is 0 Å². The maximum atomic E-state index is 12.3. The van der Waals surface area contributed by atoms with E-state index >= 15 is 0 Å². The maximum Gasteiger partial charge on any atom is 0.321 e. The summed E-state index contributed by atoms with van der Waals surface area (Å²) in [5.41, 5.74) is 7.16. The van der Waals surface area contributed by atoms with Crippen molar-refractivity contribution >= 4 is 17.4 Å². The molecule has 5 heteroatoms. The smallest absolute Gasteiger partial charge is 0.321 e. The fourth-order valence-corrected chi connectivity index (χ4v) is 3.16. The molecule has 0 spiro atoms. The van der Waals surface area contributed by atoms with Crippen LogP contribution < -0.4 is 11.1 Å². The molecule has 3 N–H and O–H groups in total. The zero-order valence-corrected chi connectivity index (χ0v) is 11.7. The molecule has 1 unspecified atom stereocenters. The summed E-state index contributed by atoms with van der Waals surface area (Å²) < 4.78 is 0. The molecule has 108 valence electrons. The Hall–Kier alpha value is -1.75. The first-order valence-corrected chi connectivity index (χ1v) is 7.38. The highest BCUT2D eigenvalue weighted by Gasteiger charge is 2.30. The fraction of sp³-hybridized carbons (Fsp3) is 0.533. The monoisotopic (exact) mass is 274 g/mol. The number of amides is 2. The van der Waals surface area contributed by atoms with E-state index in [0.717, 1.165) is 25.3 Å². The first-order chi connectivity index (χ1) is 9.72. The van der Waals surface area contributed by atoms with Gasteiger partial charge < -0.3 is 16.0 Å². The average molecular weight is 274 g/mol. The summed E-state index contributed by atoms with van der Waals surface area (Å²) in [4.78, 5) is 16.8. The molecule has 0 saturated carbocycles. The lowest BCUT2D eigenvalue weighted by Gasteiger charge is -2.43. The summed E-state index contributed by atoms with van der Waals surface area (Å²) in [7, 11) is 0. The number of piperazine rings is 1. The van der Waals surface area contributed by atoms with Gasteiger partial charge in [-0.05, 0) is 37.6 Å². The van der Waals surface area contributed by atoms with E-state index in [9.17, 15) is 4.79 Å². The molecular weight excluding hydrogens is 252 g/mol. The number of urea groups is 1. The van der Waals surface area contributed by atoms with Gasteiger partial charge in [0, 0.05) is 37.1 Å². The van der Waals surface area contributed by atoms with Gasteiger partial charge in [-0.15, -0.1) is 0 Å². The van der Waals surface area contributed by atoms with E-state index in [1.807, 2.05) is 23.1 Å². The molecule has 2 fully saturated rings. The zero-order chi connectivity index (χ0) is 13.9. The molecule has 3 rings (SSSR count). The number of rotatable bonds is 1. The molecule has 1 aromatic rings. The number of nitrogens with two attached hydrogens (primary N) is 1. The summed E-state index contributed by atoms with van der Waals surface area (Å²) in [5.74, 6) is 0. The summed E-state index contributed by atoms with van der Waals surface area (Å²) in [6, 6.07) is 7.85.